The predicted molar refractivity (Wildman–Crippen MR) is 98.6 cm³/mol. The summed E-state index contributed by atoms with van der Waals surface area (Å²) >= 11 is 0. The second kappa shape index (κ2) is 8.88. The van der Waals surface area contributed by atoms with Crippen molar-refractivity contribution in [3.63, 3.8) is 0 Å². The van der Waals surface area contributed by atoms with E-state index in [2.05, 4.69) is 15.4 Å². The van der Waals surface area contributed by atoms with Crippen molar-refractivity contribution in [1.82, 2.24) is 10.0 Å². The Morgan fingerprint density at radius 3 is 2.58 bits per heavy atom. The fourth-order valence-corrected chi connectivity index (χ4v) is 3.57. The van der Waals surface area contributed by atoms with Crippen molar-refractivity contribution < 1.29 is 17.6 Å². The fourth-order valence-electron chi connectivity index (χ4n) is 2.29. The van der Waals surface area contributed by atoms with E-state index in [9.17, 15) is 17.6 Å². The first-order valence-electron chi connectivity index (χ1n) is 8.21. The monoisotopic (exact) mass is 379 g/mol. The molecule has 0 aliphatic rings. The summed E-state index contributed by atoms with van der Waals surface area (Å²) in [7, 11) is -4.14. The van der Waals surface area contributed by atoms with Gasteiger partial charge in [-0.15, -0.1) is 0 Å². The summed E-state index contributed by atoms with van der Waals surface area (Å²) in [6.45, 7) is 4.88. The summed E-state index contributed by atoms with van der Waals surface area (Å²) in [4.78, 5) is 11.8. The zero-order valence-electron chi connectivity index (χ0n) is 14.6. The van der Waals surface area contributed by atoms with Gasteiger partial charge in [-0.2, -0.15) is 4.72 Å². The van der Waals surface area contributed by atoms with Crippen LogP contribution in [0.4, 0.5) is 10.1 Å². The Labute approximate surface area is 152 Å². The van der Waals surface area contributed by atoms with Crippen molar-refractivity contribution >= 4 is 21.6 Å². The minimum atomic E-state index is -4.14. The standard InChI is InChI=1S/C18H22FN3O3S/c1-3-20-12-14-7-6-8-15(11-14)21-18(23)13(2)22-26(24,25)17-10-5-4-9-16(17)19/h4-11,13,20,22H,3,12H2,1-2H3,(H,21,23). The molecule has 8 heteroatoms. The number of sulfonamides is 1. The first-order chi connectivity index (χ1) is 12.3. The predicted octanol–water partition coefficient (Wildman–Crippen LogP) is 2.24. The minimum Gasteiger partial charge on any atom is -0.325 e. The highest BCUT2D eigenvalue weighted by molar-refractivity contribution is 7.89. The van der Waals surface area contributed by atoms with E-state index in [0.717, 1.165) is 24.2 Å². The maximum absolute atomic E-state index is 13.7. The highest BCUT2D eigenvalue weighted by atomic mass is 32.2. The third-order valence-electron chi connectivity index (χ3n) is 3.63. The van der Waals surface area contributed by atoms with Crippen LogP contribution in [0, 0.1) is 5.82 Å². The van der Waals surface area contributed by atoms with Gasteiger partial charge in [0.05, 0.1) is 6.04 Å². The van der Waals surface area contributed by atoms with Gasteiger partial charge in [0.1, 0.15) is 10.7 Å². The molecule has 2 rings (SSSR count). The number of anilines is 1. The number of carbonyl (C=O) groups excluding carboxylic acids is 1. The van der Waals surface area contributed by atoms with Crippen LogP contribution in [0.3, 0.4) is 0 Å². The van der Waals surface area contributed by atoms with Crippen LogP contribution < -0.4 is 15.4 Å². The summed E-state index contributed by atoms with van der Waals surface area (Å²) in [6, 6.07) is 11.2. The van der Waals surface area contributed by atoms with E-state index in [1.54, 1.807) is 18.2 Å². The number of nitrogens with one attached hydrogen (secondary N) is 3. The first-order valence-corrected chi connectivity index (χ1v) is 9.69. The zero-order valence-corrected chi connectivity index (χ0v) is 15.4. The topological polar surface area (TPSA) is 87.3 Å². The molecule has 6 nitrogen and oxygen atoms in total. The maximum atomic E-state index is 13.7. The number of benzene rings is 2. The molecule has 26 heavy (non-hydrogen) atoms. The Morgan fingerprint density at radius 2 is 1.88 bits per heavy atom. The van der Waals surface area contributed by atoms with Gasteiger partial charge in [0.25, 0.3) is 0 Å². The van der Waals surface area contributed by atoms with Crippen LogP contribution >= 0.6 is 0 Å². The van der Waals surface area contributed by atoms with Crippen LogP contribution in [0.2, 0.25) is 0 Å². The van der Waals surface area contributed by atoms with Gasteiger partial charge >= 0.3 is 0 Å². The van der Waals surface area contributed by atoms with Crippen molar-refractivity contribution in [3.05, 3.63) is 59.9 Å². The summed E-state index contributed by atoms with van der Waals surface area (Å²) < 4.78 is 40.4. The summed E-state index contributed by atoms with van der Waals surface area (Å²) in [5, 5.41) is 5.84. The smallest absolute Gasteiger partial charge is 0.244 e. The molecule has 2 aromatic carbocycles. The second-order valence-electron chi connectivity index (χ2n) is 5.74. The van der Waals surface area contributed by atoms with Gasteiger partial charge in [-0.1, -0.05) is 31.2 Å². The molecule has 0 aliphatic carbocycles. The highest BCUT2D eigenvalue weighted by Gasteiger charge is 2.24. The minimum absolute atomic E-state index is 0.493. The molecule has 0 heterocycles. The first kappa shape index (κ1) is 20.0. The Hall–Kier alpha value is -2.29. The van der Waals surface area contributed by atoms with E-state index in [1.807, 2.05) is 13.0 Å². The van der Waals surface area contributed by atoms with Gasteiger partial charge in [-0.3, -0.25) is 4.79 Å². The van der Waals surface area contributed by atoms with E-state index < -0.39 is 32.7 Å². The van der Waals surface area contributed by atoms with Gasteiger partial charge in [-0.25, -0.2) is 12.8 Å². The average Bonchev–Trinajstić information content (AvgIpc) is 2.60. The van der Waals surface area contributed by atoms with E-state index in [-0.39, 0.29) is 0 Å². The molecule has 2 aromatic rings. The third kappa shape index (κ3) is 5.35. The summed E-state index contributed by atoms with van der Waals surface area (Å²) in [5.74, 6) is -1.41. The van der Waals surface area contributed by atoms with Gasteiger partial charge in [0, 0.05) is 12.2 Å². The molecular formula is C18H22FN3O3S. The molecule has 0 radical (unpaired) electrons. The summed E-state index contributed by atoms with van der Waals surface area (Å²) in [5.41, 5.74) is 1.55. The summed E-state index contributed by atoms with van der Waals surface area (Å²) in [6.07, 6.45) is 0. The molecule has 0 spiro atoms. The Kier molecular flexibility index (Phi) is 6.84. The van der Waals surface area contributed by atoms with E-state index in [4.69, 9.17) is 0 Å². The highest BCUT2D eigenvalue weighted by Crippen LogP contribution is 2.15. The van der Waals surface area contributed by atoms with Crippen LogP contribution in [0.1, 0.15) is 19.4 Å². The normalized spacial score (nSPS) is 12.6. The van der Waals surface area contributed by atoms with Gasteiger partial charge in [-0.05, 0) is 43.3 Å². The molecule has 0 fully saturated rings. The lowest BCUT2D eigenvalue weighted by atomic mass is 10.2. The number of rotatable bonds is 8. The van der Waals surface area contributed by atoms with Gasteiger partial charge < -0.3 is 10.6 Å². The average molecular weight is 379 g/mol. The number of hydrogen-bond acceptors (Lipinski definition) is 4. The number of amides is 1. The lowest BCUT2D eigenvalue weighted by Crippen LogP contribution is -2.41. The van der Waals surface area contributed by atoms with Crippen molar-refractivity contribution in [3.8, 4) is 0 Å². The largest absolute Gasteiger partial charge is 0.325 e. The van der Waals surface area contributed by atoms with E-state index >= 15 is 0 Å². The molecule has 1 atom stereocenters. The molecule has 0 aromatic heterocycles. The zero-order chi connectivity index (χ0) is 19.2. The number of hydrogen-bond donors (Lipinski definition) is 3. The van der Waals surface area contributed by atoms with Crippen molar-refractivity contribution in [2.75, 3.05) is 11.9 Å². The van der Waals surface area contributed by atoms with Crippen molar-refractivity contribution in [2.45, 2.75) is 31.3 Å². The van der Waals surface area contributed by atoms with Crippen LogP contribution in [-0.4, -0.2) is 26.9 Å². The molecular weight excluding hydrogens is 357 g/mol. The third-order valence-corrected chi connectivity index (χ3v) is 5.20. The van der Waals surface area contributed by atoms with Gasteiger partial charge in [0.2, 0.25) is 15.9 Å². The molecule has 140 valence electrons. The lowest BCUT2D eigenvalue weighted by molar-refractivity contribution is -0.117. The van der Waals surface area contributed by atoms with Crippen LogP contribution in [0.25, 0.3) is 0 Å². The number of halogens is 1. The van der Waals surface area contributed by atoms with Gasteiger partial charge in [0.15, 0.2) is 0 Å². The Bertz CT molecular complexity index is 871. The SMILES string of the molecule is CCNCc1cccc(NC(=O)C(C)NS(=O)(=O)c2ccccc2F)c1. The maximum Gasteiger partial charge on any atom is 0.244 e. The quantitative estimate of drug-likeness (QED) is 0.656. The molecule has 1 amide bonds. The van der Waals surface area contributed by atoms with E-state index in [1.165, 1.54) is 19.1 Å². The molecule has 3 N–H and O–H groups in total. The molecule has 0 bridgehead atoms. The van der Waals surface area contributed by atoms with Crippen LogP contribution in [0.5, 0.6) is 0 Å². The molecule has 0 saturated heterocycles. The molecule has 0 saturated carbocycles. The second-order valence-corrected chi connectivity index (χ2v) is 7.43. The number of carbonyl (C=O) groups is 1. The molecule has 0 aliphatic heterocycles. The van der Waals surface area contributed by atoms with Crippen LogP contribution in [-0.2, 0) is 21.4 Å². The fraction of sp³-hybridized carbons (Fsp3) is 0.278. The van der Waals surface area contributed by atoms with Crippen LogP contribution in [0.15, 0.2) is 53.4 Å². The Morgan fingerprint density at radius 1 is 1.15 bits per heavy atom. The van der Waals surface area contributed by atoms with E-state index in [0.29, 0.717) is 12.2 Å². The Balaban J connectivity index is 2.05. The molecule has 1 unspecified atom stereocenters. The lowest BCUT2D eigenvalue weighted by Gasteiger charge is -2.15. The van der Waals surface area contributed by atoms with Crippen molar-refractivity contribution in [2.24, 2.45) is 0 Å². The van der Waals surface area contributed by atoms with Crippen molar-refractivity contribution in [1.29, 1.82) is 0 Å².